The summed E-state index contributed by atoms with van der Waals surface area (Å²) in [7, 11) is -2.07. The molecular formula is C18H19N3O2S. The van der Waals surface area contributed by atoms with Crippen molar-refractivity contribution in [2.75, 3.05) is 12.4 Å². The molecule has 5 nitrogen and oxygen atoms in total. The van der Waals surface area contributed by atoms with E-state index in [0.717, 1.165) is 22.2 Å². The molecule has 0 atom stereocenters. The van der Waals surface area contributed by atoms with E-state index in [-0.39, 0.29) is 4.90 Å². The van der Waals surface area contributed by atoms with Gasteiger partial charge in [0.15, 0.2) is 0 Å². The number of rotatable bonds is 5. The second-order valence-electron chi connectivity index (χ2n) is 5.50. The molecule has 3 aromatic rings. The van der Waals surface area contributed by atoms with Gasteiger partial charge in [-0.3, -0.25) is 4.98 Å². The number of fused-ring (bicyclic) bond motifs is 1. The van der Waals surface area contributed by atoms with Crippen molar-refractivity contribution in [1.29, 1.82) is 0 Å². The van der Waals surface area contributed by atoms with Crippen LogP contribution in [0.2, 0.25) is 0 Å². The minimum absolute atomic E-state index is 0.287. The highest BCUT2D eigenvalue weighted by Crippen LogP contribution is 2.25. The highest BCUT2D eigenvalue weighted by molar-refractivity contribution is 7.89. The lowest BCUT2D eigenvalue weighted by Gasteiger charge is -2.13. The maximum Gasteiger partial charge on any atom is 0.240 e. The lowest BCUT2D eigenvalue weighted by molar-refractivity contribution is 0.587. The standard InChI is InChI=1S/C18H19N3O2S/c1-13-6-5-8-15-16(10-11-20-18(13)15)21-12-14-7-3-4-9-17(14)24(22,23)19-2/h3-11,19H,12H2,1-2H3,(H,20,21). The first kappa shape index (κ1) is 16.4. The van der Waals surface area contributed by atoms with Gasteiger partial charge in [0.25, 0.3) is 0 Å². The summed E-state index contributed by atoms with van der Waals surface area (Å²) in [5.74, 6) is 0. The van der Waals surface area contributed by atoms with Gasteiger partial charge in [-0.15, -0.1) is 0 Å². The van der Waals surface area contributed by atoms with Crippen molar-refractivity contribution in [3.8, 4) is 0 Å². The van der Waals surface area contributed by atoms with Gasteiger partial charge in [0, 0.05) is 23.8 Å². The molecule has 3 rings (SSSR count). The van der Waals surface area contributed by atoms with Crippen molar-refractivity contribution in [3.63, 3.8) is 0 Å². The van der Waals surface area contributed by atoms with Crippen molar-refractivity contribution >= 4 is 26.6 Å². The number of pyridine rings is 1. The first-order valence-corrected chi connectivity index (χ1v) is 9.11. The third kappa shape index (κ3) is 3.11. The molecule has 24 heavy (non-hydrogen) atoms. The van der Waals surface area contributed by atoms with Crippen LogP contribution in [0, 0.1) is 6.92 Å². The van der Waals surface area contributed by atoms with Crippen molar-refractivity contribution in [3.05, 3.63) is 65.9 Å². The van der Waals surface area contributed by atoms with Crippen molar-refractivity contribution in [1.82, 2.24) is 9.71 Å². The molecule has 0 saturated heterocycles. The summed E-state index contributed by atoms with van der Waals surface area (Å²) in [4.78, 5) is 4.71. The van der Waals surface area contributed by atoms with Gasteiger partial charge in [-0.1, -0.05) is 36.4 Å². The van der Waals surface area contributed by atoms with Crippen LogP contribution in [0.15, 0.2) is 59.6 Å². The van der Waals surface area contributed by atoms with Crippen molar-refractivity contribution in [2.24, 2.45) is 0 Å². The third-order valence-corrected chi connectivity index (χ3v) is 5.49. The third-order valence-electron chi connectivity index (χ3n) is 3.97. The van der Waals surface area contributed by atoms with E-state index >= 15 is 0 Å². The first-order valence-electron chi connectivity index (χ1n) is 7.62. The van der Waals surface area contributed by atoms with E-state index in [1.165, 1.54) is 7.05 Å². The van der Waals surface area contributed by atoms with E-state index < -0.39 is 10.0 Å². The van der Waals surface area contributed by atoms with Gasteiger partial charge < -0.3 is 5.32 Å². The maximum absolute atomic E-state index is 12.1. The van der Waals surface area contributed by atoms with E-state index in [2.05, 4.69) is 15.0 Å². The zero-order valence-corrected chi connectivity index (χ0v) is 14.4. The number of hydrogen-bond acceptors (Lipinski definition) is 4. The van der Waals surface area contributed by atoms with E-state index in [1.54, 1.807) is 18.3 Å². The molecule has 0 amide bonds. The first-order chi connectivity index (χ1) is 11.5. The fraction of sp³-hybridized carbons (Fsp3) is 0.167. The smallest absolute Gasteiger partial charge is 0.240 e. The topological polar surface area (TPSA) is 71.1 Å². The lowest BCUT2D eigenvalue weighted by Crippen LogP contribution is -2.20. The van der Waals surface area contributed by atoms with Crippen molar-refractivity contribution in [2.45, 2.75) is 18.4 Å². The fourth-order valence-corrected chi connectivity index (χ4v) is 3.65. The van der Waals surface area contributed by atoms with Crippen molar-refractivity contribution < 1.29 is 8.42 Å². The second kappa shape index (κ2) is 6.59. The summed E-state index contributed by atoms with van der Waals surface area (Å²) in [5.41, 5.74) is 3.69. The van der Waals surface area contributed by atoms with Crippen LogP contribution in [-0.2, 0) is 16.6 Å². The molecule has 0 unspecified atom stereocenters. The number of benzene rings is 2. The van der Waals surface area contributed by atoms with Gasteiger partial charge in [0.2, 0.25) is 10.0 Å². The average Bonchev–Trinajstić information content (AvgIpc) is 2.60. The summed E-state index contributed by atoms with van der Waals surface area (Å²) < 4.78 is 26.7. The van der Waals surface area contributed by atoms with E-state index in [1.807, 2.05) is 43.3 Å². The van der Waals surface area contributed by atoms with E-state index in [9.17, 15) is 8.42 Å². The molecule has 0 saturated carbocycles. The van der Waals surface area contributed by atoms with E-state index in [0.29, 0.717) is 12.1 Å². The van der Waals surface area contributed by atoms with Gasteiger partial charge in [0.05, 0.1) is 10.4 Å². The minimum Gasteiger partial charge on any atom is -0.380 e. The second-order valence-corrected chi connectivity index (χ2v) is 7.35. The molecule has 2 N–H and O–H groups in total. The average molecular weight is 341 g/mol. The molecule has 1 heterocycles. The largest absolute Gasteiger partial charge is 0.380 e. The Bertz CT molecular complexity index is 984. The number of aromatic nitrogens is 1. The molecule has 124 valence electrons. The zero-order valence-electron chi connectivity index (χ0n) is 13.6. The van der Waals surface area contributed by atoms with Gasteiger partial charge in [0.1, 0.15) is 0 Å². The molecule has 0 radical (unpaired) electrons. The van der Waals surface area contributed by atoms with Crippen LogP contribution in [-0.4, -0.2) is 20.4 Å². The van der Waals surface area contributed by atoms with Crippen LogP contribution >= 0.6 is 0 Å². The van der Waals surface area contributed by atoms with Gasteiger partial charge >= 0.3 is 0 Å². The highest BCUT2D eigenvalue weighted by Gasteiger charge is 2.15. The normalized spacial score (nSPS) is 11.6. The Morgan fingerprint density at radius 3 is 2.62 bits per heavy atom. The van der Waals surface area contributed by atoms with Gasteiger partial charge in [-0.2, -0.15) is 0 Å². The van der Waals surface area contributed by atoms with Gasteiger partial charge in [-0.05, 0) is 37.2 Å². The van der Waals surface area contributed by atoms with Crippen LogP contribution in [0.4, 0.5) is 5.69 Å². The molecule has 0 aliphatic rings. The molecule has 0 bridgehead atoms. The maximum atomic E-state index is 12.1. The molecule has 6 heteroatoms. The Kier molecular flexibility index (Phi) is 4.51. The monoisotopic (exact) mass is 341 g/mol. The summed E-state index contributed by atoms with van der Waals surface area (Å²) in [6, 6.07) is 14.9. The van der Waals surface area contributed by atoms with Crippen LogP contribution in [0.5, 0.6) is 0 Å². The summed E-state index contributed by atoms with van der Waals surface area (Å²) in [5, 5.41) is 4.36. The molecule has 2 aromatic carbocycles. The molecule has 0 aliphatic heterocycles. The summed E-state index contributed by atoms with van der Waals surface area (Å²) in [6.07, 6.45) is 1.76. The number of anilines is 1. The number of nitrogens with one attached hydrogen (secondary N) is 2. The zero-order chi connectivity index (χ0) is 17.2. The summed E-state index contributed by atoms with van der Waals surface area (Å²) in [6.45, 7) is 2.43. The number of aryl methyl sites for hydroxylation is 1. The Labute approximate surface area is 141 Å². The molecule has 0 aliphatic carbocycles. The Hall–Kier alpha value is -2.44. The van der Waals surface area contributed by atoms with Crippen LogP contribution in [0.25, 0.3) is 10.9 Å². The SMILES string of the molecule is CNS(=O)(=O)c1ccccc1CNc1ccnc2c(C)cccc12. The van der Waals surface area contributed by atoms with Crippen LogP contribution < -0.4 is 10.0 Å². The van der Waals surface area contributed by atoms with Crippen LogP contribution in [0.1, 0.15) is 11.1 Å². The quantitative estimate of drug-likeness (QED) is 0.748. The highest BCUT2D eigenvalue weighted by atomic mass is 32.2. The number of nitrogens with zero attached hydrogens (tertiary/aromatic N) is 1. The predicted octanol–water partition coefficient (Wildman–Crippen LogP) is 3.06. The molecule has 1 aromatic heterocycles. The predicted molar refractivity (Wildman–Crippen MR) is 96.5 cm³/mol. The number of para-hydroxylation sites is 1. The Morgan fingerprint density at radius 1 is 1.04 bits per heavy atom. The van der Waals surface area contributed by atoms with Gasteiger partial charge in [-0.25, -0.2) is 13.1 Å². The van der Waals surface area contributed by atoms with E-state index in [4.69, 9.17) is 0 Å². The summed E-state index contributed by atoms with van der Waals surface area (Å²) >= 11 is 0. The minimum atomic E-state index is -3.48. The number of sulfonamides is 1. The molecule has 0 fully saturated rings. The lowest BCUT2D eigenvalue weighted by atomic mass is 10.1. The molecule has 0 spiro atoms. The van der Waals surface area contributed by atoms with Crippen LogP contribution in [0.3, 0.4) is 0 Å². The fourth-order valence-electron chi connectivity index (χ4n) is 2.69. The number of hydrogen-bond donors (Lipinski definition) is 2. The Balaban J connectivity index is 1.95. The Morgan fingerprint density at radius 2 is 1.83 bits per heavy atom. The molecular weight excluding hydrogens is 322 g/mol.